The molecule has 11 heteroatoms. The van der Waals surface area contributed by atoms with Crippen molar-refractivity contribution in [2.75, 3.05) is 33.7 Å². The lowest BCUT2D eigenvalue weighted by atomic mass is 10.2. The zero-order valence-corrected chi connectivity index (χ0v) is 18.3. The second-order valence-electron chi connectivity index (χ2n) is 7.20. The van der Waals surface area contributed by atoms with Crippen molar-refractivity contribution in [3.05, 3.63) is 54.6 Å². The van der Waals surface area contributed by atoms with Gasteiger partial charge in [-0.15, -0.1) is 15.3 Å². The molecule has 0 unspecified atom stereocenters. The van der Waals surface area contributed by atoms with Crippen LogP contribution in [0.3, 0.4) is 0 Å². The van der Waals surface area contributed by atoms with E-state index in [0.717, 1.165) is 5.56 Å². The van der Waals surface area contributed by atoms with Crippen molar-refractivity contribution >= 4 is 11.6 Å². The van der Waals surface area contributed by atoms with Crippen LogP contribution in [0.1, 0.15) is 0 Å². The molecule has 174 valence electrons. The number of nitrogens with zero attached hydrogens (tertiary/aromatic N) is 4. The summed E-state index contributed by atoms with van der Waals surface area (Å²) < 4.78 is 28.6. The van der Waals surface area contributed by atoms with Gasteiger partial charge in [-0.3, -0.25) is 4.79 Å². The third-order valence-electron chi connectivity index (χ3n) is 4.95. The predicted octanol–water partition coefficient (Wildman–Crippen LogP) is 2.10. The first-order valence-electron chi connectivity index (χ1n) is 10.5. The lowest BCUT2D eigenvalue weighted by molar-refractivity contribution is -0.123. The van der Waals surface area contributed by atoms with E-state index in [1.165, 1.54) is 0 Å². The van der Waals surface area contributed by atoms with Crippen LogP contribution in [0.4, 0.5) is 0 Å². The summed E-state index contributed by atoms with van der Waals surface area (Å²) in [6.45, 7) is 0.564. The van der Waals surface area contributed by atoms with E-state index in [1.54, 1.807) is 42.0 Å². The van der Waals surface area contributed by atoms with Crippen molar-refractivity contribution in [1.82, 2.24) is 25.1 Å². The minimum absolute atomic E-state index is 0.130. The second-order valence-corrected chi connectivity index (χ2v) is 7.20. The lowest BCUT2D eigenvalue weighted by Gasteiger charge is -2.09. The van der Waals surface area contributed by atoms with Gasteiger partial charge < -0.3 is 29.0 Å². The molecule has 3 heterocycles. The largest absolute Gasteiger partial charge is 0.497 e. The van der Waals surface area contributed by atoms with Crippen LogP contribution in [0.2, 0.25) is 0 Å². The Morgan fingerprint density at radius 1 is 1.03 bits per heavy atom. The van der Waals surface area contributed by atoms with Gasteiger partial charge in [-0.05, 0) is 30.3 Å². The maximum absolute atomic E-state index is 12.1. The molecule has 11 nitrogen and oxygen atoms in total. The number of nitrogens with one attached hydrogen (secondary N) is 1. The normalized spacial score (nSPS) is 11.9. The van der Waals surface area contributed by atoms with Crippen molar-refractivity contribution in [3.63, 3.8) is 0 Å². The minimum Gasteiger partial charge on any atom is -0.497 e. The first-order chi connectivity index (χ1) is 16.7. The van der Waals surface area contributed by atoms with Crippen LogP contribution in [-0.2, 0) is 4.79 Å². The van der Waals surface area contributed by atoms with Crippen LogP contribution in [-0.4, -0.2) is 59.4 Å². The molecule has 5 rings (SSSR count). The highest BCUT2D eigenvalue weighted by Crippen LogP contribution is 2.35. The molecule has 0 spiro atoms. The number of benzene rings is 2. The molecule has 1 N–H and O–H groups in total. The Bertz CT molecular complexity index is 1320. The summed E-state index contributed by atoms with van der Waals surface area (Å²) in [5.41, 5.74) is 1.39. The topological polar surface area (TPSA) is 118 Å². The molecule has 1 aliphatic rings. The van der Waals surface area contributed by atoms with Crippen molar-refractivity contribution in [2.45, 2.75) is 0 Å². The van der Waals surface area contributed by atoms with E-state index in [2.05, 4.69) is 20.6 Å². The van der Waals surface area contributed by atoms with Crippen LogP contribution in [0.5, 0.6) is 28.9 Å². The SMILES string of the molecule is COc1cccc(-c2nnc3ccc(OCCNC(=O)COc4ccc5c(c4)OCO5)nn23)c1. The zero-order valence-electron chi connectivity index (χ0n) is 18.3. The Hall–Kier alpha value is -4.54. The summed E-state index contributed by atoms with van der Waals surface area (Å²) in [4.78, 5) is 12.1. The molecule has 0 atom stereocenters. The molecule has 0 bridgehead atoms. The number of amides is 1. The maximum atomic E-state index is 12.1. The molecule has 1 amide bonds. The molecule has 0 aliphatic carbocycles. The number of aromatic nitrogens is 4. The molecular formula is C23H21N5O6. The van der Waals surface area contributed by atoms with Crippen LogP contribution >= 0.6 is 0 Å². The van der Waals surface area contributed by atoms with Crippen molar-refractivity contribution in [1.29, 1.82) is 0 Å². The van der Waals surface area contributed by atoms with E-state index in [-0.39, 0.29) is 32.5 Å². The van der Waals surface area contributed by atoms with Gasteiger partial charge in [0.15, 0.2) is 29.6 Å². The van der Waals surface area contributed by atoms with E-state index in [0.29, 0.717) is 40.3 Å². The molecular weight excluding hydrogens is 442 g/mol. The molecule has 34 heavy (non-hydrogen) atoms. The Labute approximate surface area is 194 Å². The monoisotopic (exact) mass is 463 g/mol. The first-order valence-corrected chi connectivity index (χ1v) is 10.5. The molecule has 0 fully saturated rings. The molecule has 2 aromatic carbocycles. The van der Waals surface area contributed by atoms with Crippen molar-refractivity contribution < 1.29 is 28.5 Å². The average molecular weight is 463 g/mol. The Morgan fingerprint density at radius 3 is 2.85 bits per heavy atom. The fourth-order valence-electron chi connectivity index (χ4n) is 3.30. The Balaban J connectivity index is 1.13. The molecule has 0 saturated carbocycles. The highest BCUT2D eigenvalue weighted by molar-refractivity contribution is 5.77. The number of ether oxygens (including phenoxy) is 5. The van der Waals surface area contributed by atoms with E-state index < -0.39 is 0 Å². The quantitative estimate of drug-likeness (QED) is 0.372. The Kier molecular flexibility index (Phi) is 5.97. The van der Waals surface area contributed by atoms with Crippen LogP contribution < -0.4 is 29.0 Å². The summed E-state index contributed by atoms with van der Waals surface area (Å²) in [6, 6.07) is 16.1. The van der Waals surface area contributed by atoms with E-state index >= 15 is 0 Å². The van der Waals surface area contributed by atoms with Gasteiger partial charge in [0.2, 0.25) is 12.7 Å². The fraction of sp³-hybridized carbons (Fsp3) is 0.217. The summed E-state index contributed by atoms with van der Waals surface area (Å²) in [5.74, 6) is 3.15. The molecule has 0 saturated heterocycles. The second kappa shape index (κ2) is 9.53. The van der Waals surface area contributed by atoms with Crippen molar-refractivity contribution in [3.8, 4) is 40.3 Å². The number of fused-ring (bicyclic) bond motifs is 2. The van der Waals surface area contributed by atoms with E-state index in [1.807, 2.05) is 24.3 Å². The van der Waals surface area contributed by atoms with Crippen LogP contribution in [0, 0.1) is 0 Å². The van der Waals surface area contributed by atoms with Crippen LogP contribution in [0.25, 0.3) is 17.0 Å². The van der Waals surface area contributed by atoms with Crippen molar-refractivity contribution in [2.24, 2.45) is 0 Å². The highest BCUT2D eigenvalue weighted by Gasteiger charge is 2.14. The van der Waals surface area contributed by atoms with Gasteiger partial charge in [0.25, 0.3) is 5.91 Å². The number of carbonyl (C=O) groups is 1. The Morgan fingerprint density at radius 2 is 1.94 bits per heavy atom. The third-order valence-corrected chi connectivity index (χ3v) is 4.95. The summed E-state index contributed by atoms with van der Waals surface area (Å²) in [7, 11) is 1.60. The standard InChI is InChI=1S/C23H21N5O6/c1-30-16-4-2-3-15(11-16)23-26-25-20-7-8-22(27-28(20)23)31-10-9-24-21(29)13-32-17-5-6-18-19(12-17)34-14-33-18/h2-8,11-12H,9-10,13-14H2,1H3,(H,24,29). The summed E-state index contributed by atoms with van der Waals surface area (Å²) >= 11 is 0. The zero-order chi connectivity index (χ0) is 23.3. The number of methoxy groups -OCH3 is 1. The minimum atomic E-state index is -0.274. The van der Waals surface area contributed by atoms with Gasteiger partial charge in [0, 0.05) is 17.7 Å². The van der Waals surface area contributed by atoms with Gasteiger partial charge >= 0.3 is 0 Å². The van der Waals surface area contributed by atoms with Gasteiger partial charge in [0.1, 0.15) is 18.1 Å². The number of carbonyl (C=O) groups excluding carboxylic acids is 1. The molecule has 2 aromatic heterocycles. The average Bonchev–Trinajstić information content (AvgIpc) is 3.51. The van der Waals surface area contributed by atoms with E-state index in [9.17, 15) is 4.79 Å². The van der Waals surface area contributed by atoms with Gasteiger partial charge in [0.05, 0.1) is 13.7 Å². The maximum Gasteiger partial charge on any atom is 0.258 e. The highest BCUT2D eigenvalue weighted by atomic mass is 16.7. The fourth-order valence-corrected chi connectivity index (χ4v) is 3.30. The smallest absolute Gasteiger partial charge is 0.258 e. The summed E-state index contributed by atoms with van der Waals surface area (Å²) in [6.07, 6.45) is 0. The third kappa shape index (κ3) is 4.63. The van der Waals surface area contributed by atoms with E-state index in [4.69, 9.17) is 23.7 Å². The van der Waals surface area contributed by atoms with Gasteiger partial charge in [-0.2, -0.15) is 4.52 Å². The molecule has 1 aliphatic heterocycles. The molecule has 0 radical (unpaired) electrons. The van der Waals surface area contributed by atoms with Gasteiger partial charge in [-0.25, -0.2) is 0 Å². The lowest BCUT2D eigenvalue weighted by Crippen LogP contribution is -2.32. The molecule has 4 aromatic rings. The predicted molar refractivity (Wildman–Crippen MR) is 119 cm³/mol. The number of hydrogen-bond donors (Lipinski definition) is 1. The first kappa shape index (κ1) is 21.3. The number of hydrogen-bond acceptors (Lipinski definition) is 9. The summed E-state index contributed by atoms with van der Waals surface area (Å²) in [5, 5.41) is 15.6. The van der Waals surface area contributed by atoms with Gasteiger partial charge in [-0.1, -0.05) is 12.1 Å². The number of rotatable bonds is 9. The van der Waals surface area contributed by atoms with Crippen LogP contribution in [0.15, 0.2) is 54.6 Å².